The lowest BCUT2D eigenvalue weighted by molar-refractivity contribution is 0.275. The zero-order valence-electron chi connectivity index (χ0n) is 9.34. The van der Waals surface area contributed by atoms with Crippen molar-refractivity contribution in [2.75, 3.05) is 7.11 Å². The van der Waals surface area contributed by atoms with Crippen LogP contribution in [0.25, 0.3) is 11.3 Å². The van der Waals surface area contributed by atoms with Gasteiger partial charge in [0.15, 0.2) is 0 Å². The van der Waals surface area contributed by atoms with Gasteiger partial charge in [0.25, 0.3) is 0 Å². The third kappa shape index (κ3) is 1.92. The highest BCUT2D eigenvalue weighted by atomic mass is 16.5. The van der Waals surface area contributed by atoms with Crippen LogP contribution >= 0.6 is 0 Å². The predicted molar refractivity (Wildman–Crippen MR) is 61.1 cm³/mol. The quantitative estimate of drug-likeness (QED) is 0.851. The summed E-state index contributed by atoms with van der Waals surface area (Å²) in [6.07, 6.45) is 0. The molecule has 0 bridgehead atoms. The normalized spacial score (nSPS) is 10.4. The van der Waals surface area contributed by atoms with Gasteiger partial charge in [-0.15, -0.1) is 0 Å². The van der Waals surface area contributed by atoms with Gasteiger partial charge in [-0.25, -0.2) is 0 Å². The molecule has 0 aliphatic heterocycles. The number of aliphatic hydroxyl groups is 1. The second kappa shape index (κ2) is 4.37. The van der Waals surface area contributed by atoms with Gasteiger partial charge in [-0.2, -0.15) is 5.10 Å². The molecular weight excluding hydrogens is 204 g/mol. The molecule has 0 spiro atoms. The molecule has 2 rings (SSSR count). The minimum atomic E-state index is -0.0438. The lowest BCUT2D eigenvalue weighted by Crippen LogP contribution is -1.94. The highest BCUT2D eigenvalue weighted by molar-refractivity contribution is 5.62. The summed E-state index contributed by atoms with van der Waals surface area (Å²) in [6, 6.07) is 9.63. The van der Waals surface area contributed by atoms with Crippen molar-refractivity contribution in [2.45, 2.75) is 6.61 Å². The number of aliphatic hydroxyl groups excluding tert-OH is 1. The molecule has 84 valence electrons. The number of rotatable bonds is 3. The number of ether oxygens (including phenoxy) is 1. The second-order valence-corrected chi connectivity index (χ2v) is 3.53. The molecule has 1 aromatic heterocycles. The van der Waals surface area contributed by atoms with E-state index in [4.69, 9.17) is 9.84 Å². The lowest BCUT2D eigenvalue weighted by atomic mass is 10.1. The van der Waals surface area contributed by atoms with Crippen molar-refractivity contribution in [3.63, 3.8) is 0 Å². The minimum Gasteiger partial charge on any atom is -0.497 e. The third-order valence-corrected chi connectivity index (χ3v) is 2.46. The molecule has 1 aromatic carbocycles. The number of methoxy groups -OCH3 is 1. The standard InChI is InChI=1S/C12H14N2O2/c1-14-12(7-10(8-15)13-14)9-4-3-5-11(6-9)16-2/h3-7,15H,8H2,1-2H3. The van der Waals surface area contributed by atoms with Crippen LogP contribution in [0.4, 0.5) is 0 Å². The lowest BCUT2D eigenvalue weighted by Gasteiger charge is -2.04. The first kappa shape index (κ1) is 10.7. The molecule has 2 aromatic rings. The molecule has 0 saturated heterocycles. The van der Waals surface area contributed by atoms with Crippen LogP contribution in [0.5, 0.6) is 5.75 Å². The Labute approximate surface area is 94.1 Å². The summed E-state index contributed by atoms with van der Waals surface area (Å²) in [5.41, 5.74) is 2.65. The average Bonchev–Trinajstić information content (AvgIpc) is 2.71. The number of hydrogen-bond acceptors (Lipinski definition) is 3. The molecule has 0 amide bonds. The van der Waals surface area contributed by atoms with Gasteiger partial charge >= 0.3 is 0 Å². The molecule has 0 unspecified atom stereocenters. The Morgan fingerprint density at radius 2 is 2.19 bits per heavy atom. The number of hydrogen-bond donors (Lipinski definition) is 1. The second-order valence-electron chi connectivity index (χ2n) is 3.53. The van der Waals surface area contributed by atoms with Gasteiger partial charge in [0.2, 0.25) is 0 Å². The summed E-state index contributed by atoms with van der Waals surface area (Å²) in [6.45, 7) is -0.0438. The van der Waals surface area contributed by atoms with Crippen molar-refractivity contribution < 1.29 is 9.84 Å². The highest BCUT2D eigenvalue weighted by Gasteiger charge is 2.07. The van der Waals surface area contributed by atoms with E-state index in [0.717, 1.165) is 17.0 Å². The van der Waals surface area contributed by atoms with Gasteiger partial charge in [-0.3, -0.25) is 4.68 Å². The maximum atomic E-state index is 9.02. The van der Waals surface area contributed by atoms with Crippen LogP contribution in [-0.4, -0.2) is 22.0 Å². The van der Waals surface area contributed by atoms with E-state index in [9.17, 15) is 0 Å². The number of aryl methyl sites for hydroxylation is 1. The van der Waals surface area contributed by atoms with Crippen LogP contribution < -0.4 is 4.74 Å². The minimum absolute atomic E-state index is 0.0438. The fraction of sp³-hybridized carbons (Fsp3) is 0.250. The van der Waals surface area contributed by atoms with E-state index in [1.165, 1.54) is 0 Å². The van der Waals surface area contributed by atoms with E-state index < -0.39 is 0 Å². The van der Waals surface area contributed by atoms with Gasteiger partial charge in [-0.05, 0) is 18.2 Å². The Balaban J connectivity index is 2.45. The van der Waals surface area contributed by atoms with Crippen molar-refractivity contribution in [1.82, 2.24) is 9.78 Å². The Kier molecular flexibility index (Phi) is 2.92. The molecule has 16 heavy (non-hydrogen) atoms. The molecular formula is C12H14N2O2. The van der Waals surface area contributed by atoms with Crippen molar-refractivity contribution in [3.05, 3.63) is 36.0 Å². The zero-order valence-corrected chi connectivity index (χ0v) is 9.34. The maximum Gasteiger partial charge on any atom is 0.119 e. The van der Waals surface area contributed by atoms with E-state index in [0.29, 0.717) is 5.69 Å². The summed E-state index contributed by atoms with van der Waals surface area (Å²) in [5, 5.41) is 13.2. The average molecular weight is 218 g/mol. The summed E-state index contributed by atoms with van der Waals surface area (Å²) in [4.78, 5) is 0. The Morgan fingerprint density at radius 1 is 1.38 bits per heavy atom. The predicted octanol–water partition coefficient (Wildman–Crippen LogP) is 1.59. The van der Waals surface area contributed by atoms with Crippen molar-refractivity contribution in [2.24, 2.45) is 7.05 Å². The first-order valence-corrected chi connectivity index (χ1v) is 5.03. The molecule has 1 heterocycles. The summed E-state index contributed by atoms with van der Waals surface area (Å²) < 4.78 is 6.92. The number of aromatic nitrogens is 2. The fourth-order valence-corrected chi connectivity index (χ4v) is 1.66. The Bertz CT molecular complexity index is 492. The van der Waals surface area contributed by atoms with Crippen molar-refractivity contribution >= 4 is 0 Å². The first-order chi connectivity index (χ1) is 7.74. The van der Waals surface area contributed by atoms with Gasteiger partial charge in [0.05, 0.1) is 25.1 Å². The largest absolute Gasteiger partial charge is 0.497 e. The summed E-state index contributed by atoms with van der Waals surface area (Å²) in [7, 11) is 3.50. The van der Waals surface area contributed by atoms with E-state index in [2.05, 4.69) is 5.10 Å². The smallest absolute Gasteiger partial charge is 0.119 e. The van der Waals surface area contributed by atoms with Crippen LogP contribution in [0, 0.1) is 0 Å². The molecule has 4 nitrogen and oxygen atoms in total. The first-order valence-electron chi connectivity index (χ1n) is 5.03. The SMILES string of the molecule is COc1cccc(-c2cc(CO)nn2C)c1. The molecule has 0 fully saturated rings. The molecule has 1 N–H and O–H groups in total. The van der Waals surface area contributed by atoms with E-state index in [1.54, 1.807) is 11.8 Å². The van der Waals surface area contributed by atoms with Crippen LogP contribution in [-0.2, 0) is 13.7 Å². The molecule has 4 heteroatoms. The Hall–Kier alpha value is -1.81. The van der Waals surface area contributed by atoms with Crippen LogP contribution in [0.2, 0.25) is 0 Å². The van der Waals surface area contributed by atoms with Crippen molar-refractivity contribution in [1.29, 1.82) is 0 Å². The summed E-state index contributed by atoms with van der Waals surface area (Å²) in [5.74, 6) is 0.809. The molecule has 0 radical (unpaired) electrons. The van der Waals surface area contributed by atoms with Gasteiger partial charge in [0.1, 0.15) is 5.75 Å². The number of nitrogens with zero attached hydrogens (tertiary/aromatic N) is 2. The van der Waals surface area contributed by atoms with Crippen molar-refractivity contribution in [3.8, 4) is 17.0 Å². The van der Waals surface area contributed by atoms with E-state index in [-0.39, 0.29) is 6.61 Å². The van der Waals surface area contributed by atoms with Gasteiger partial charge < -0.3 is 9.84 Å². The van der Waals surface area contributed by atoms with E-state index >= 15 is 0 Å². The molecule has 0 saturated carbocycles. The third-order valence-electron chi connectivity index (χ3n) is 2.46. The summed E-state index contributed by atoms with van der Waals surface area (Å²) >= 11 is 0. The van der Waals surface area contributed by atoms with Crippen LogP contribution in [0.3, 0.4) is 0 Å². The fourth-order valence-electron chi connectivity index (χ4n) is 1.66. The van der Waals surface area contributed by atoms with Gasteiger partial charge in [0, 0.05) is 12.6 Å². The topological polar surface area (TPSA) is 47.3 Å². The molecule has 0 atom stereocenters. The van der Waals surface area contributed by atoms with Gasteiger partial charge in [-0.1, -0.05) is 12.1 Å². The Morgan fingerprint density at radius 3 is 2.81 bits per heavy atom. The van der Waals surface area contributed by atoms with Crippen LogP contribution in [0.1, 0.15) is 5.69 Å². The highest BCUT2D eigenvalue weighted by Crippen LogP contribution is 2.23. The maximum absolute atomic E-state index is 9.02. The van der Waals surface area contributed by atoms with Crippen LogP contribution in [0.15, 0.2) is 30.3 Å². The monoisotopic (exact) mass is 218 g/mol. The van der Waals surface area contributed by atoms with E-state index in [1.807, 2.05) is 37.4 Å². The number of benzene rings is 1. The molecule has 0 aliphatic carbocycles. The molecule has 0 aliphatic rings. The zero-order chi connectivity index (χ0) is 11.5.